The topological polar surface area (TPSA) is 84.0 Å². The van der Waals surface area contributed by atoms with Crippen molar-refractivity contribution in [1.29, 1.82) is 5.26 Å². The fraction of sp³-hybridized carbons (Fsp3) is 0.111. The van der Waals surface area contributed by atoms with Gasteiger partial charge in [0.2, 0.25) is 0 Å². The lowest BCUT2D eigenvalue weighted by Crippen LogP contribution is -1.99. The Morgan fingerprint density at radius 2 is 2.27 bits per heavy atom. The summed E-state index contributed by atoms with van der Waals surface area (Å²) in [7, 11) is 0. The quantitative estimate of drug-likeness (QED) is 0.429. The number of carbonyl (C=O) groups is 1. The highest BCUT2D eigenvalue weighted by atomic mass is 19.1. The van der Waals surface area contributed by atoms with Crippen LogP contribution in [0, 0.1) is 27.3 Å². The first-order valence-electron chi connectivity index (χ1n) is 3.89. The van der Waals surface area contributed by atoms with Crippen molar-refractivity contribution in [3.63, 3.8) is 0 Å². The molecular weight excluding hydrogens is 203 g/mol. The molecule has 5 nitrogen and oxygen atoms in total. The number of nitro benzene ring substituents is 1. The van der Waals surface area contributed by atoms with Gasteiger partial charge in [0.25, 0.3) is 5.69 Å². The lowest BCUT2D eigenvalue weighted by Gasteiger charge is -2.00. The predicted molar refractivity (Wildman–Crippen MR) is 47.8 cm³/mol. The van der Waals surface area contributed by atoms with E-state index in [9.17, 15) is 19.3 Å². The van der Waals surface area contributed by atoms with Gasteiger partial charge in [-0.2, -0.15) is 5.26 Å². The zero-order chi connectivity index (χ0) is 11.4. The molecule has 0 aliphatic carbocycles. The molecule has 0 radical (unpaired) electrons. The van der Waals surface area contributed by atoms with Gasteiger partial charge in [0.05, 0.1) is 23.0 Å². The molecule has 0 saturated heterocycles. The standard InChI is InChI=1S/C9H5FN2O3/c10-8-3-6(1-2-11)9(12(14)15)4-7(8)5-13/h3-5H,1H2. The Balaban J connectivity index is 3.39. The monoisotopic (exact) mass is 208 g/mol. The number of nitro groups is 1. The van der Waals surface area contributed by atoms with Crippen LogP contribution in [0.1, 0.15) is 15.9 Å². The minimum Gasteiger partial charge on any atom is -0.298 e. The third-order valence-electron chi connectivity index (χ3n) is 1.79. The summed E-state index contributed by atoms with van der Waals surface area (Å²) in [5, 5.41) is 18.9. The summed E-state index contributed by atoms with van der Waals surface area (Å²) < 4.78 is 13.1. The van der Waals surface area contributed by atoms with Crippen LogP contribution in [-0.4, -0.2) is 11.2 Å². The van der Waals surface area contributed by atoms with E-state index in [1.54, 1.807) is 6.07 Å². The molecule has 0 heterocycles. The third-order valence-corrected chi connectivity index (χ3v) is 1.79. The predicted octanol–water partition coefficient (Wildman–Crippen LogP) is 1.61. The van der Waals surface area contributed by atoms with Crippen LogP contribution in [-0.2, 0) is 6.42 Å². The van der Waals surface area contributed by atoms with Crippen molar-refractivity contribution in [2.24, 2.45) is 0 Å². The second-order valence-electron chi connectivity index (χ2n) is 2.71. The Bertz CT molecular complexity index is 465. The summed E-state index contributed by atoms with van der Waals surface area (Å²) in [6, 6.07) is 3.35. The van der Waals surface area contributed by atoms with E-state index in [2.05, 4.69) is 0 Å². The number of hydrogen-bond donors (Lipinski definition) is 0. The number of nitrogens with zero attached hydrogens (tertiary/aromatic N) is 2. The highest BCUT2D eigenvalue weighted by molar-refractivity contribution is 5.77. The first-order chi connectivity index (χ1) is 7.10. The molecule has 0 spiro atoms. The molecule has 76 valence electrons. The average molecular weight is 208 g/mol. The number of carbonyl (C=O) groups excluding carboxylic acids is 1. The highest BCUT2D eigenvalue weighted by Gasteiger charge is 2.17. The van der Waals surface area contributed by atoms with E-state index in [4.69, 9.17) is 5.26 Å². The van der Waals surface area contributed by atoms with Crippen LogP contribution >= 0.6 is 0 Å². The van der Waals surface area contributed by atoms with E-state index >= 15 is 0 Å². The third kappa shape index (κ3) is 2.14. The molecule has 0 atom stereocenters. The van der Waals surface area contributed by atoms with E-state index in [1.807, 2.05) is 0 Å². The minimum absolute atomic E-state index is 0.0365. The van der Waals surface area contributed by atoms with Crippen LogP contribution in [0.25, 0.3) is 0 Å². The molecule has 0 aliphatic heterocycles. The maximum absolute atomic E-state index is 13.1. The van der Waals surface area contributed by atoms with Crippen molar-refractivity contribution in [3.8, 4) is 6.07 Å². The molecule has 15 heavy (non-hydrogen) atoms. The Labute approximate surface area is 83.9 Å². The van der Waals surface area contributed by atoms with E-state index < -0.39 is 16.4 Å². The van der Waals surface area contributed by atoms with E-state index in [0.717, 1.165) is 12.1 Å². The second kappa shape index (κ2) is 4.28. The van der Waals surface area contributed by atoms with E-state index in [0.29, 0.717) is 0 Å². The molecule has 0 unspecified atom stereocenters. The minimum atomic E-state index is -0.860. The first-order valence-corrected chi connectivity index (χ1v) is 3.89. The molecule has 1 aromatic carbocycles. The Morgan fingerprint density at radius 1 is 1.60 bits per heavy atom. The fourth-order valence-corrected chi connectivity index (χ4v) is 1.11. The van der Waals surface area contributed by atoms with Crippen molar-refractivity contribution in [2.75, 3.05) is 0 Å². The SMILES string of the molecule is N#CCc1cc(F)c(C=O)cc1[N+](=O)[O-]. The second-order valence-corrected chi connectivity index (χ2v) is 2.71. The maximum atomic E-state index is 13.1. The summed E-state index contributed by atoms with van der Waals surface area (Å²) in [4.78, 5) is 20.1. The molecule has 0 fully saturated rings. The van der Waals surface area contributed by atoms with Crippen LogP contribution in [0.3, 0.4) is 0 Å². The zero-order valence-electron chi connectivity index (χ0n) is 7.44. The van der Waals surface area contributed by atoms with Crippen molar-refractivity contribution >= 4 is 12.0 Å². The van der Waals surface area contributed by atoms with Gasteiger partial charge < -0.3 is 0 Å². The van der Waals surface area contributed by atoms with Crippen LogP contribution in [0.15, 0.2) is 12.1 Å². The smallest absolute Gasteiger partial charge is 0.274 e. The fourth-order valence-electron chi connectivity index (χ4n) is 1.11. The van der Waals surface area contributed by atoms with Crippen LogP contribution in [0.4, 0.5) is 10.1 Å². The molecule has 0 amide bonds. The molecule has 1 aromatic rings. The van der Waals surface area contributed by atoms with Crippen molar-refractivity contribution in [2.45, 2.75) is 6.42 Å². The summed E-state index contributed by atoms with van der Waals surface area (Å²) in [6.07, 6.45) is -0.0785. The van der Waals surface area contributed by atoms with Gasteiger partial charge in [-0.3, -0.25) is 14.9 Å². The lowest BCUT2D eigenvalue weighted by molar-refractivity contribution is -0.385. The van der Waals surface area contributed by atoms with Crippen molar-refractivity contribution in [3.05, 3.63) is 39.2 Å². The summed E-state index contributed by atoms with van der Waals surface area (Å²) >= 11 is 0. The Morgan fingerprint density at radius 3 is 2.73 bits per heavy atom. The van der Waals surface area contributed by atoms with Crippen LogP contribution in [0.5, 0.6) is 0 Å². The number of aldehydes is 1. The number of hydrogen-bond acceptors (Lipinski definition) is 4. The molecule has 0 bridgehead atoms. The van der Waals surface area contributed by atoms with E-state index in [-0.39, 0.29) is 23.8 Å². The van der Waals surface area contributed by atoms with Gasteiger partial charge in [-0.05, 0) is 6.07 Å². The van der Waals surface area contributed by atoms with Crippen LogP contribution in [0.2, 0.25) is 0 Å². The molecule has 6 heteroatoms. The van der Waals surface area contributed by atoms with Gasteiger partial charge >= 0.3 is 0 Å². The molecular formula is C9H5FN2O3. The molecule has 1 rings (SSSR count). The maximum Gasteiger partial charge on any atom is 0.274 e. The molecule has 0 aliphatic rings. The van der Waals surface area contributed by atoms with Crippen LogP contribution < -0.4 is 0 Å². The van der Waals surface area contributed by atoms with Gasteiger partial charge in [0.15, 0.2) is 6.29 Å². The molecule has 0 N–H and O–H groups in total. The zero-order valence-corrected chi connectivity index (χ0v) is 7.44. The van der Waals surface area contributed by atoms with Gasteiger partial charge in [-0.1, -0.05) is 0 Å². The molecule has 0 saturated carbocycles. The van der Waals surface area contributed by atoms with E-state index in [1.165, 1.54) is 0 Å². The van der Waals surface area contributed by atoms with Gasteiger partial charge in [-0.15, -0.1) is 0 Å². The Kier molecular flexibility index (Phi) is 3.08. The average Bonchev–Trinajstić information content (AvgIpc) is 2.18. The summed E-state index contributed by atoms with van der Waals surface area (Å²) in [5.74, 6) is -0.860. The largest absolute Gasteiger partial charge is 0.298 e. The van der Waals surface area contributed by atoms with Crippen molar-refractivity contribution in [1.82, 2.24) is 0 Å². The lowest BCUT2D eigenvalue weighted by atomic mass is 10.1. The summed E-state index contributed by atoms with van der Waals surface area (Å²) in [5.41, 5.74) is -0.839. The van der Waals surface area contributed by atoms with Gasteiger partial charge in [0, 0.05) is 11.6 Å². The normalized spacial score (nSPS) is 9.33. The molecule has 0 aromatic heterocycles. The van der Waals surface area contributed by atoms with Crippen molar-refractivity contribution < 1.29 is 14.1 Å². The first kappa shape index (κ1) is 10.8. The number of halogens is 1. The Hall–Kier alpha value is -2.29. The van der Waals surface area contributed by atoms with Gasteiger partial charge in [-0.25, -0.2) is 4.39 Å². The number of rotatable bonds is 3. The number of benzene rings is 1. The highest BCUT2D eigenvalue weighted by Crippen LogP contribution is 2.22. The number of nitriles is 1. The van der Waals surface area contributed by atoms with Gasteiger partial charge in [0.1, 0.15) is 5.82 Å². The summed E-state index contributed by atoms with van der Waals surface area (Å²) in [6.45, 7) is 0.